The minimum atomic E-state index is -0.148. The van der Waals surface area contributed by atoms with Gasteiger partial charge >= 0.3 is 0 Å². The molecule has 0 saturated heterocycles. The third-order valence-corrected chi connectivity index (χ3v) is 6.23. The molecule has 0 aromatic heterocycles. The number of allylic oxidation sites excluding steroid dienone is 1. The van der Waals surface area contributed by atoms with Crippen LogP contribution in [-0.4, -0.2) is 45.9 Å². The summed E-state index contributed by atoms with van der Waals surface area (Å²) >= 11 is 0. The van der Waals surface area contributed by atoms with Crippen molar-refractivity contribution in [3.05, 3.63) is 76.5 Å². The Morgan fingerprint density at radius 2 is 1.64 bits per heavy atom. The van der Waals surface area contributed by atoms with E-state index < -0.39 is 0 Å². The third kappa shape index (κ3) is 4.31. The summed E-state index contributed by atoms with van der Waals surface area (Å²) in [4.78, 5) is 15.2. The second-order valence-electron chi connectivity index (χ2n) is 8.43. The van der Waals surface area contributed by atoms with Gasteiger partial charge in [0.2, 0.25) is 11.5 Å². The van der Waals surface area contributed by atoms with Crippen molar-refractivity contribution >= 4 is 11.9 Å². The van der Waals surface area contributed by atoms with Crippen LogP contribution in [0.25, 0.3) is 6.08 Å². The largest absolute Gasteiger partial charge is 0.497 e. The first-order valence-electron chi connectivity index (χ1n) is 11.4. The Labute approximate surface area is 209 Å². The van der Waals surface area contributed by atoms with Crippen LogP contribution in [0.3, 0.4) is 0 Å². The number of benzene rings is 3. The maximum Gasteiger partial charge on any atom is 0.231 e. The molecule has 0 unspecified atom stereocenters. The highest BCUT2D eigenvalue weighted by Crippen LogP contribution is 2.43. The van der Waals surface area contributed by atoms with Crippen LogP contribution in [0.15, 0.2) is 54.3 Å². The first kappa shape index (κ1) is 23.6. The Morgan fingerprint density at radius 1 is 0.917 bits per heavy atom. The zero-order valence-corrected chi connectivity index (χ0v) is 20.6. The van der Waals surface area contributed by atoms with Crippen molar-refractivity contribution in [1.29, 1.82) is 0 Å². The van der Waals surface area contributed by atoms with Crippen LogP contribution >= 0.6 is 0 Å². The summed E-state index contributed by atoms with van der Waals surface area (Å²) in [5.41, 5.74) is 3.20. The third-order valence-electron chi connectivity index (χ3n) is 6.23. The summed E-state index contributed by atoms with van der Waals surface area (Å²) in [7, 11) is 6.38. The molecular weight excluding hydrogens is 462 g/mol. The Bertz CT molecular complexity index is 1310. The molecule has 8 nitrogen and oxygen atoms in total. The van der Waals surface area contributed by atoms with Crippen molar-refractivity contribution in [2.24, 2.45) is 0 Å². The number of hydrogen-bond acceptors (Lipinski definition) is 8. The predicted molar refractivity (Wildman–Crippen MR) is 133 cm³/mol. The van der Waals surface area contributed by atoms with Crippen LogP contribution in [-0.2, 0) is 13.1 Å². The molecule has 0 bridgehead atoms. The molecule has 2 heterocycles. The van der Waals surface area contributed by atoms with Gasteiger partial charge in [0, 0.05) is 13.1 Å². The standard InChI is InChI=1S/C28H27NO7/c1-31-19-7-5-17(6-8-19)11-23-26(30)20-9-10-22-21(27(20)36-23)15-29(16-35-22)14-18-12-24(32-2)28(34-4)25(13-18)33-3/h5-13H,14-16H2,1-4H3. The maximum atomic E-state index is 13.1. The minimum Gasteiger partial charge on any atom is -0.497 e. The number of Topliss-reactive ketones (excluding diaryl/α,β-unsaturated/α-hetero) is 1. The first-order valence-corrected chi connectivity index (χ1v) is 11.4. The van der Waals surface area contributed by atoms with E-state index in [2.05, 4.69) is 4.90 Å². The van der Waals surface area contributed by atoms with Gasteiger partial charge in [0.05, 0.1) is 39.6 Å². The number of rotatable bonds is 7. The van der Waals surface area contributed by atoms with Crippen molar-refractivity contribution in [2.45, 2.75) is 13.1 Å². The number of fused-ring (bicyclic) bond motifs is 3. The summed E-state index contributed by atoms with van der Waals surface area (Å²) in [6.45, 7) is 1.52. The average Bonchev–Trinajstić information content (AvgIpc) is 3.23. The molecule has 0 radical (unpaired) electrons. The van der Waals surface area contributed by atoms with Crippen LogP contribution in [0.1, 0.15) is 27.0 Å². The van der Waals surface area contributed by atoms with E-state index in [1.54, 1.807) is 40.6 Å². The molecule has 0 atom stereocenters. The molecule has 36 heavy (non-hydrogen) atoms. The topological polar surface area (TPSA) is 75.7 Å². The second kappa shape index (κ2) is 9.83. The van der Waals surface area contributed by atoms with Gasteiger partial charge < -0.3 is 28.4 Å². The van der Waals surface area contributed by atoms with Crippen LogP contribution in [0.4, 0.5) is 0 Å². The number of hydrogen-bond donors (Lipinski definition) is 0. The van der Waals surface area contributed by atoms with Crippen molar-refractivity contribution in [3.8, 4) is 34.5 Å². The van der Waals surface area contributed by atoms with Crippen LogP contribution < -0.4 is 28.4 Å². The number of nitrogens with zero attached hydrogens (tertiary/aromatic N) is 1. The number of carbonyl (C=O) groups excluding carboxylic acids is 1. The quantitative estimate of drug-likeness (QED) is 0.443. The lowest BCUT2D eigenvalue weighted by Crippen LogP contribution is -2.31. The fourth-order valence-corrected chi connectivity index (χ4v) is 4.44. The smallest absolute Gasteiger partial charge is 0.231 e. The van der Waals surface area contributed by atoms with Crippen LogP contribution in [0, 0.1) is 0 Å². The number of ketones is 1. The summed E-state index contributed by atoms with van der Waals surface area (Å²) in [5, 5.41) is 0. The van der Waals surface area contributed by atoms with Gasteiger partial charge in [-0.05, 0) is 53.6 Å². The molecule has 2 aliphatic heterocycles. The minimum absolute atomic E-state index is 0.148. The molecule has 0 saturated carbocycles. The zero-order valence-electron chi connectivity index (χ0n) is 20.6. The van der Waals surface area contributed by atoms with Crippen LogP contribution in [0.5, 0.6) is 34.5 Å². The van der Waals surface area contributed by atoms with Crippen molar-refractivity contribution in [1.82, 2.24) is 4.90 Å². The lowest BCUT2D eigenvalue weighted by atomic mass is 10.0. The average molecular weight is 490 g/mol. The highest BCUT2D eigenvalue weighted by atomic mass is 16.5. The van der Waals surface area contributed by atoms with E-state index in [1.807, 2.05) is 42.5 Å². The molecule has 3 aromatic carbocycles. The number of carbonyl (C=O) groups is 1. The van der Waals surface area contributed by atoms with E-state index in [-0.39, 0.29) is 11.5 Å². The molecule has 0 fully saturated rings. The Kier molecular flexibility index (Phi) is 6.43. The molecule has 0 N–H and O–H groups in total. The van der Waals surface area contributed by atoms with Crippen LogP contribution in [0.2, 0.25) is 0 Å². The summed E-state index contributed by atoms with van der Waals surface area (Å²) in [5.74, 6) is 3.87. The number of ether oxygens (including phenoxy) is 6. The van der Waals surface area contributed by atoms with E-state index in [0.717, 1.165) is 22.4 Å². The van der Waals surface area contributed by atoms with Crippen molar-refractivity contribution < 1.29 is 33.2 Å². The van der Waals surface area contributed by atoms with Gasteiger partial charge in [0.1, 0.15) is 24.0 Å². The summed E-state index contributed by atoms with van der Waals surface area (Å²) in [6, 6.07) is 14.9. The van der Waals surface area contributed by atoms with E-state index >= 15 is 0 Å². The van der Waals surface area contributed by atoms with Gasteiger partial charge in [-0.2, -0.15) is 0 Å². The number of methoxy groups -OCH3 is 4. The SMILES string of the molecule is COc1ccc(C=C2Oc3c(ccc4c3CN(Cc3cc(OC)c(OC)c(OC)c3)CO4)C2=O)cc1. The van der Waals surface area contributed by atoms with Gasteiger partial charge in [-0.3, -0.25) is 9.69 Å². The van der Waals surface area contributed by atoms with Gasteiger partial charge in [-0.25, -0.2) is 0 Å². The van der Waals surface area contributed by atoms with E-state index in [4.69, 9.17) is 28.4 Å². The monoisotopic (exact) mass is 489 g/mol. The highest BCUT2D eigenvalue weighted by Gasteiger charge is 2.33. The van der Waals surface area contributed by atoms with E-state index in [9.17, 15) is 4.79 Å². The predicted octanol–water partition coefficient (Wildman–Crippen LogP) is 4.69. The molecule has 0 aliphatic carbocycles. The molecule has 2 aliphatic rings. The molecule has 3 aromatic rings. The molecular formula is C28H27NO7. The first-order chi connectivity index (χ1) is 17.5. The van der Waals surface area contributed by atoms with Gasteiger partial charge in [-0.1, -0.05) is 12.1 Å². The Hall–Kier alpha value is -4.17. The van der Waals surface area contributed by atoms with E-state index in [1.165, 1.54) is 0 Å². The van der Waals surface area contributed by atoms with Gasteiger partial charge in [-0.15, -0.1) is 0 Å². The van der Waals surface area contributed by atoms with Crippen molar-refractivity contribution in [3.63, 3.8) is 0 Å². The molecule has 186 valence electrons. The van der Waals surface area contributed by atoms with Crippen molar-refractivity contribution in [2.75, 3.05) is 35.2 Å². The normalized spacial score (nSPS) is 15.6. The highest BCUT2D eigenvalue weighted by molar-refractivity contribution is 6.15. The molecule has 0 spiro atoms. The maximum absolute atomic E-state index is 13.1. The zero-order chi connectivity index (χ0) is 25.2. The molecule has 0 amide bonds. The van der Waals surface area contributed by atoms with Gasteiger partial charge in [0.15, 0.2) is 17.3 Å². The lowest BCUT2D eigenvalue weighted by molar-refractivity contribution is 0.0871. The lowest BCUT2D eigenvalue weighted by Gasteiger charge is -2.30. The Morgan fingerprint density at radius 3 is 2.28 bits per heavy atom. The molecule has 8 heteroatoms. The van der Waals surface area contributed by atoms with E-state index in [0.29, 0.717) is 54.1 Å². The Balaban J connectivity index is 1.39. The molecule has 5 rings (SSSR count). The fourth-order valence-electron chi connectivity index (χ4n) is 4.44. The fraction of sp³-hybridized carbons (Fsp3) is 0.250. The summed E-state index contributed by atoms with van der Waals surface area (Å²) in [6.07, 6.45) is 1.74. The summed E-state index contributed by atoms with van der Waals surface area (Å²) < 4.78 is 33.7. The van der Waals surface area contributed by atoms with Gasteiger partial charge in [0.25, 0.3) is 0 Å². The second-order valence-corrected chi connectivity index (χ2v) is 8.43.